The van der Waals surface area contributed by atoms with E-state index in [9.17, 15) is 13.2 Å². The van der Waals surface area contributed by atoms with Crippen LogP contribution in [0.1, 0.15) is 12.8 Å². The summed E-state index contributed by atoms with van der Waals surface area (Å²) in [5.74, 6) is -0.667. The fourth-order valence-electron chi connectivity index (χ4n) is 1.30. The Hall–Kier alpha value is -1.26. The van der Waals surface area contributed by atoms with Crippen molar-refractivity contribution in [3.05, 3.63) is 24.3 Å². The molecular formula is C9H9F3N2. The van der Waals surface area contributed by atoms with E-state index in [0.717, 1.165) is 6.07 Å². The van der Waals surface area contributed by atoms with E-state index in [2.05, 4.69) is 10.3 Å². The predicted octanol–water partition coefficient (Wildman–Crippen LogP) is 2.43. The number of halogens is 3. The van der Waals surface area contributed by atoms with Gasteiger partial charge in [0.05, 0.1) is 5.54 Å². The van der Waals surface area contributed by atoms with E-state index in [1.54, 1.807) is 0 Å². The summed E-state index contributed by atoms with van der Waals surface area (Å²) in [6.07, 6.45) is -0.318. The monoisotopic (exact) mass is 202 g/mol. The van der Waals surface area contributed by atoms with Gasteiger partial charge in [-0.3, -0.25) is 0 Å². The summed E-state index contributed by atoms with van der Waals surface area (Å²) in [6.45, 7) is 0. The highest BCUT2D eigenvalue weighted by Gasteiger charge is 2.51. The number of pyridine rings is 1. The number of anilines is 1. The van der Waals surface area contributed by atoms with E-state index >= 15 is 0 Å². The van der Waals surface area contributed by atoms with Crippen LogP contribution in [-0.4, -0.2) is 16.9 Å². The Morgan fingerprint density at radius 2 is 2.14 bits per heavy atom. The molecule has 1 aliphatic rings. The van der Waals surface area contributed by atoms with Crippen LogP contribution >= 0.6 is 0 Å². The van der Waals surface area contributed by atoms with Crippen LogP contribution in [0.5, 0.6) is 0 Å². The van der Waals surface area contributed by atoms with E-state index in [4.69, 9.17) is 0 Å². The lowest BCUT2D eigenvalue weighted by molar-refractivity contribution is 0.114. The maximum atomic E-state index is 12.6. The summed E-state index contributed by atoms with van der Waals surface area (Å²) in [5, 5.41) is 2.64. The molecule has 0 atom stereocenters. The zero-order valence-corrected chi connectivity index (χ0v) is 7.30. The molecule has 14 heavy (non-hydrogen) atoms. The van der Waals surface area contributed by atoms with Gasteiger partial charge in [-0.25, -0.2) is 13.8 Å². The largest absolute Gasteiger partial charge is 0.374 e. The lowest BCUT2D eigenvalue weighted by Crippen LogP contribution is -2.29. The van der Waals surface area contributed by atoms with E-state index in [0.29, 0.717) is 18.5 Å². The number of nitrogens with one attached hydrogen (secondary N) is 1. The number of hydrogen-bond donors (Lipinski definition) is 1. The minimum atomic E-state index is -2.42. The fourth-order valence-corrected chi connectivity index (χ4v) is 1.30. The van der Waals surface area contributed by atoms with Crippen LogP contribution in [0, 0.1) is 5.95 Å². The molecule has 0 aliphatic heterocycles. The van der Waals surface area contributed by atoms with Crippen molar-refractivity contribution >= 4 is 5.69 Å². The first kappa shape index (κ1) is 9.30. The minimum Gasteiger partial charge on any atom is -0.374 e. The minimum absolute atomic E-state index is 0.357. The van der Waals surface area contributed by atoms with Crippen LogP contribution in [0.3, 0.4) is 0 Å². The van der Waals surface area contributed by atoms with Crippen molar-refractivity contribution in [2.75, 3.05) is 5.32 Å². The van der Waals surface area contributed by atoms with E-state index in [-0.39, 0.29) is 0 Å². The first-order valence-corrected chi connectivity index (χ1v) is 4.30. The number of alkyl halides is 2. The summed E-state index contributed by atoms with van der Waals surface area (Å²) in [5.41, 5.74) is -0.774. The van der Waals surface area contributed by atoms with Crippen molar-refractivity contribution in [2.24, 2.45) is 0 Å². The summed E-state index contributed by atoms with van der Waals surface area (Å²) >= 11 is 0. The van der Waals surface area contributed by atoms with Crippen LogP contribution in [0.4, 0.5) is 18.9 Å². The van der Waals surface area contributed by atoms with Crippen molar-refractivity contribution in [1.82, 2.24) is 4.98 Å². The Morgan fingerprint density at radius 1 is 1.43 bits per heavy atom. The highest BCUT2D eigenvalue weighted by molar-refractivity contribution is 5.46. The molecule has 1 heterocycles. The normalized spacial score (nSPS) is 18.3. The van der Waals surface area contributed by atoms with Crippen molar-refractivity contribution in [1.29, 1.82) is 0 Å². The maximum absolute atomic E-state index is 12.6. The summed E-state index contributed by atoms with van der Waals surface area (Å²) < 4.78 is 37.6. The van der Waals surface area contributed by atoms with Crippen LogP contribution in [0.15, 0.2) is 18.3 Å². The second-order valence-corrected chi connectivity index (χ2v) is 3.45. The fraction of sp³-hybridized carbons (Fsp3) is 0.444. The Morgan fingerprint density at radius 3 is 2.64 bits per heavy atom. The molecule has 5 heteroatoms. The first-order valence-electron chi connectivity index (χ1n) is 4.30. The third-order valence-electron chi connectivity index (χ3n) is 2.33. The Bertz CT molecular complexity index is 337. The topological polar surface area (TPSA) is 24.9 Å². The molecule has 0 amide bonds. The van der Waals surface area contributed by atoms with Gasteiger partial charge in [0.1, 0.15) is 0 Å². The van der Waals surface area contributed by atoms with Crippen molar-refractivity contribution in [3.8, 4) is 0 Å². The van der Waals surface area contributed by atoms with Gasteiger partial charge in [-0.15, -0.1) is 0 Å². The molecule has 2 rings (SSSR count). The van der Waals surface area contributed by atoms with Gasteiger partial charge in [-0.1, -0.05) is 0 Å². The molecule has 1 aromatic rings. The third-order valence-corrected chi connectivity index (χ3v) is 2.33. The summed E-state index contributed by atoms with van der Waals surface area (Å²) in [6, 6.07) is 2.59. The lowest BCUT2D eigenvalue weighted by Gasteiger charge is -2.17. The maximum Gasteiger partial charge on any atom is 0.261 e. The molecule has 0 bridgehead atoms. The summed E-state index contributed by atoms with van der Waals surface area (Å²) in [7, 11) is 0. The second kappa shape index (κ2) is 3.15. The number of hydrogen-bond acceptors (Lipinski definition) is 2. The molecule has 1 fully saturated rings. The molecule has 1 aliphatic carbocycles. The number of rotatable bonds is 3. The van der Waals surface area contributed by atoms with Crippen LogP contribution in [-0.2, 0) is 0 Å². The average molecular weight is 202 g/mol. The van der Waals surface area contributed by atoms with Gasteiger partial charge in [0.2, 0.25) is 5.95 Å². The Kier molecular flexibility index (Phi) is 2.09. The highest BCUT2D eigenvalue weighted by atomic mass is 19.3. The third kappa shape index (κ3) is 1.66. The molecule has 1 saturated carbocycles. The number of nitrogens with zero attached hydrogens (tertiary/aromatic N) is 1. The predicted molar refractivity (Wildman–Crippen MR) is 45.8 cm³/mol. The molecule has 0 aromatic carbocycles. The molecular weight excluding hydrogens is 193 g/mol. The van der Waals surface area contributed by atoms with E-state index < -0.39 is 17.9 Å². The molecule has 0 unspecified atom stereocenters. The molecule has 76 valence electrons. The molecule has 0 spiro atoms. The van der Waals surface area contributed by atoms with Crippen LogP contribution in [0.2, 0.25) is 0 Å². The second-order valence-electron chi connectivity index (χ2n) is 3.45. The van der Waals surface area contributed by atoms with Crippen molar-refractivity contribution in [2.45, 2.75) is 24.8 Å². The molecule has 2 nitrogen and oxygen atoms in total. The van der Waals surface area contributed by atoms with Gasteiger partial charge in [-0.2, -0.15) is 4.39 Å². The van der Waals surface area contributed by atoms with Crippen molar-refractivity contribution in [3.63, 3.8) is 0 Å². The zero-order chi connectivity index (χ0) is 10.2. The van der Waals surface area contributed by atoms with Crippen LogP contribution in [0.25, 0.3) is 0 Å². The standard InChI is InChI=1S/C9H9F3N2/c10-7-5-6(1-4-13-7)14-9(2-3-9)8(11)12/h1,4-5,8H,2-3H2,(H,13,14). The summed E-state index contributed by atoms with van der Waals surface area (Å²) in [4.78, 5) is 3.34. The molecule has 1 aromatic heterocycles. The van der Waals surface area contributed by atoms with Crippen molar-refractivity contribution < 1.29 is 13.2 Å². The smallest absolute Gasteiger partial charge is 0.261 e. The van der Waals surface area contributed by atoms with Crippen LogP contribution < -0.4 is 5.32 Å². The molecule has 1 N–H and O–H groups in total. The van der Waals surface area contributed by atoms with E-state index in [1.807, 2.05) is 0 Å². The highest BCUT2D eigenvalue weighted by Crippen LogP contribution is 2.43. The Labute approximate surface area is 79.2 Å². The molecule has 0 saturated heterocycles. The quantitative estimate of drug-likeness (QED) is 0.761. The zero-order valence-electron chi connectivity index (χ0n) is 7.30. The van der Waals surface area contributed by atoms with Gasteiger partial charge in [0, 0.05) is 18.0 Å². The first-order chi connectivity index (χ1) is 6.62. The lowest BCUT2D eigenvalue weighted by atomic mass is 10.2. The van der Waals surface area contributed by atoms with Gasteiger partial charge >= 0.3 is 0 Å². The number of aromatic nitrogens is 1. The average Bonchev–Trinajstić information content (AvgIpc) is 2.85. The van der Waals surface area contributed by atoms with E-state index in [1.165, 1.54) is 12.3 Å². The molecule has 0 radical (unpaired) electrons. The Balaban J connectivity index is 2.11. The van der Waals surface area contributed by atoms with Gasteiger partial charge in [0.15, 0.2) is 0 Å². The van der Waals surface area contributed by atoms with Gasteiger partial charge < -0.3 is 5.32 Å². The van der Waals surface area contributed by atoms with Gasteiger partial charge in [0.25, 0.3) is 6.43 Å². The SMILES string of the molecule is Fc1cc(NC2(C(F)F)CC2)ccn1. The van der Waals surface area contributed by atoms with Gasteiger partial charge in [-0.05, 0) is 18.9 Å².